The molecule has 0 heterocycles. The normalized spacial score (nSPS) is 21.1. The summed E-state index contributed by atoms with van der Waals surface area (Å²) in [6.45, 7) is 6.94. The molecule has 2 aliphatic rings. The highest BCUT2D eigenvalue weighted by molar-refractivity contribution is 5.90. The smallest absolute Gasteiger partial charge is 0.224 e. The third kappa shape index (κ3) is 6.30. The molecule has 2 saturated carbocycles. The van der Waals surface area contributed by atoms with E-state index < -0.39 is 5.41 Å². The lowest BCUT2D eigenvalue weighted by molar-refractivity contribution is -0.153. The largest absolute Gasteiger partial charge is 0.496 e. The van der Waals surface area contributed by atoms with E-state index in [9.17, 15) is 9.59 Å². The molecule has 1 unspecified atom stereocenters. The van der Waals surface area contributed by atoms with Crippen molar-refractivity contribution in [2.75, 3.05) is 34.5 Å². The Labute approximate surface area is 232 Å². The molecule has 7 nitrogen and oxygen atoms in total. The Morgan fingerprint density at radius 2 is 1.77 bits per heavy atom. The van der Waals surface area contributed by atoms with Gasteiger partial charge in [0.25, 0.3) is 0 Å². The molecule has 39 heavy (non-hydrogen) atoms. The van der Waals surface area contributed by atoms with E-state index in [2.05, 4.69) is 13.0 Å². The average molecular weight is 538 g/mol. The summed E-state index contributed by atoms with van der Waals surface area (Å²) >= 11 is 0. The minimum absolute atomic E-state index is 0.0208. The van der Waals surface area contributed by atoms with Gasteiger partial charge in [0.1, 0.15) is 17.3 Å². The van der Waals surface area contributed by atoms with Crippen LogP contribution in [0.15, 0.2) is 36.4 Å². The van der Waals surface area contributed by atoms with Crippen LogP contribution in [0.1, 0.15) is 80.2 Å². The van der Waals surface area contributed by atoms with E-state index in [1.807, 2.05) is 42.2 Å². The predicted octanol–water partition coefficient (Wildman–Crippen LogP) is 5.77. The van der Waals surface area contributed by atoms with E-state index in [1.54, 1.807) is 28.3 Å². The summed E-state index contributed by atoms with van der Waals surface area (Å²) in [7, 11) is 5.04. The Balaban J connectivity index is 1.59. The Bertz CT molecular complexity index is 1150. The van der Waals surface area contributed by atoms with Crippen LogP contribution in [0.25, 0.3) is 0 Å². The number of rotatable bonds is 14. The molecule has 0 N–H and O–H groups in total. The quantitative estimate of drug-likeness (QED) is 0.285. The maximum Gasteiger partial charge on any atom is 0.224 e. The van der Waals surface area contributed by atoms with Crippen LogP contribution >= 0.6 is 0 Å². The first kappa shape index (κ1) is 29.1. The van der Waals surface area contributed by atoms with Crippen molar-refractivity contribution >= 4 is 11.7 Å². The SMILES string of the molecule is COc1cc(C(C)N(CCOCc2ccccc2)C(=O)CC2(C(C)=O)CC(OC)C2)c(C)c(OC)c1C1CC1. The van der Waals surface area contributed by atoms with Crippen LogP contribution in [0.4, 0.5) is 0 Å². The van der Waals surface area contributed by atoms with Gasteiger partial charge in [-0.05, 0) is 75.1 Å². The molecule has 2 aromatic rings. The summed E-state index contributed by atoms with van der Waals surface area (Å²) in [4.78, 5) is 28.5. The maximum absolute atomic E-state index is 14.0. The summed E-state index contributed by atoms with van der Waals surface area (Å²) in [5, 5.41) is 0. The van der Waals surface area contributed by atoms with Crippen molar-refractivity contribution in [1.29, 1.82) is 0 Å². The van der Waals surface area contributed by atoms with Crippen LogP contribution in [0, 0.1) is 12.3 Å². The summed E-state index contributed by atoms with van der Waals surface area (Å²) in [5.41, 5.74) is 3.53. The lowest BCUT2D eigenvalue weighted by Gasteiger charge is -2.46. The van der Waals surface area contributed by atoms with Crippen molar-refractivity contribution in [2.45, 2.75) is 77.5 Å². The fraction of sp³-hybridized carbons (Fsp3) is 0.562. The van der Waals surface area contributed by atoms with Crippen LogP contribution in [0.2, 0.25) is 0 Å². The minimum Gasteiger partial charge on any atom is -0.496 e. The minimum atomic E-state index is -0.666. The third-order valence-electron chi connectivity index (χ3n) is 8.61. The van der Waals surface area contributed by atoms with Crippen LogP contribution in [0.5, 0.6) is 11.5 Å². The summed E-state index contributed by atoms with van der Waals surface area (Å²) in [6, 6.07) is 11.8. The fourth-order valence-electron chi connectivity index (χ4n) is 5.95. The number of ketones is 1. The van der Waals surface area contributed by atoms with Gasteiger partial charge in [-0.15, -0.1) is 0 Å². The number of Topliss-reactive ketones (excluding diaryl/α,β-unsaturated/α-hetero) is 1. The third-order valence-corrected chi connectivity index (χ3v) is 8.61. The van der Waals surface area contributed by atoms with E-state index in [-0.39, 0.29) is 30.3 Å². The number of nitrogens with zero attached hydrogens (tertiary/aromatic N) is 1. The van der Waals surface area contributed by atoms with Gasteiger partial charge in [-0.25, -0.2) is 0 Å². The molecular weight excluding hydrogens is 494 g/mol. The molecule has 212 valence electrons. The second-order valence-electron chi connectivity index (χ2n) is 11.1. The maximum atomic E-state index is 14.0. The van der Waals surface area contributed by atoms with Gasteiger partial charge in [0.2, 0.25) is 5.91 Å². The molecule has 0 bridgehead atoms. The van der Waals surface area contributed by atoms with Gasteiger partial charge in [-0.3, -0.25) is 9.59 Å². The zero-order chi connectivity index (χ0) is 28.2. The highest BCUT2D eigenvalue weighted by Crippen LogP contribution is 2.52. The molecule has 0 aliphatic heterocycles. The predicted molar refractivity (Wildman–Crippen MR) is 150 cm³/mol. The van der Waals surface area contributed by atoms with Gasteiger partial charge in [0.15, 0.2) is 0 Å². The molecule has 0 radical (unpaired) electrons. The van der Waals surface area contributed by atoms with Crippen molar-refractivity contribution in [1.82, 2.24) is 4.90 Å². The average Bonchev–Trinajstić information content (AvgIpc) is 3.75. The molecule has 2 aromatic carbocycles. The molecule has 1 atom stereocenters. The summed E-state index contributed by atoms with van der Waals surface area (Å²) in [6.07, 6.45) is 3.59. The second-order valence-corrected chi connectivity index (χ2v) is 11.1. The number of carbonyl (C=O) groups is 2. The van der Waals surface area contributed by atoms with E-state index >= 15 is 0 Å². The van der Waals surface area contributed by atoms with Crippen molar-refractivity contribution in [2.24, 2.45) is 5.41 Å². The first-order valence-electron chi connectivity index (χ1n) is 13.9. The van der Waals surface area contributed by atoms with Crippen LogP contribution < -0.4 is 9.47 Å². The monoisotopic (exact) mass is 537 g/mol. The van der Waals surface area contributed by atoms with Gasteiger partial charge < -0.3 is 23.8 Å². The Morgan fingerprint density at radius 1 is 1.08 bits per heavy atom. The van der Waals surface area contributed by atoms with E-state index in [0.29, 0.717) is 38.5 Å². The zero-order valence-electron chi connectivity index (χ0n) is 24.2. The highest BCUT2D eigenvalue weighted by Gasteiger charge is 2.50. The van der Waals surface area contributed by atoms with Crippen molar-refractivity contribution in [3.8, 4) is 11.5 Å². The first-order chi connectivity index (χ1) is 18.7. The molecule has 1 amide bonds. The summed E-state index contributed by atoms with van der Waals surface area (Å²) < 4.78 is 23.1. The van der Waals surface area contributed by atoms with Crippen LogP contribution in [0.3, 0.4) is 0 Å². The number of ether oxygens (including phenoxy) is 4. The lowest BCUT2D eigenvalue weighted by atomic mass is 9.62. The van der Waals surface area contributed by atoms with Crippen LogP contribution in [-0.2, 0) is 25.7 Å². The van der Waals surface area contributed by atoms with Crippen molar-refractivity contribution in [3.05, 3.63) is 58.7 Å². The number of hydrogen-bond donors (Lipinski definition) is 0. The van der Waals surface area contributed by atoms with Gasteiger partial charge in [0.05, 0.1) is 39.6 Å². The molecule has 2 fully saturated rings. The van der Waals surface area contributed by atoms with E-state index in [4.69, 9.17) is 18.9 Å². The molecule has 2 aliphatic carbocycles. The van der Waals surface area contributed by atoms with Crippen molar-refractivity contribution in [3.63, 3.8) is 0 Å². The number of benzene rings is 2. The van der Waals surface area contributed by atoms with Crippen LogP contribution in [-0.4, -0.2) is 57.2 Å². The van der Waals surface area contributed by atoms with Gasteiger partial charge in [-0.1, -0.05) is 30.3 Å². The summed E-state index contributed by atoms with van der Waals surface area (Å²) in [5.74, 6) is 2.08. The van der Waals surface area contributed by atoms with Gasteiger partial charge in [0, 0.05) is 31.1 Å². The van der Waals surface area contributed by atoms with E-state index in [1.165, 1.54) is 0 Å². The Hall–Kier alpha value is -2.90. The molecule has 7 heteroatoms. The van der Waals surface area contributed by atoms with Gasteiger partial charge in [-0.2, -0.15) is 0 Å². The standard InChI is InChI=1S/C32H43NO6/c1-21-27(16-28(37-5)30(25-12-13-25)31(21)38-6)22(2)33(14-15-39-20-24-10-8-7-9-11-24)29(35)19-32(23(3)34)17-26(18-32)36-4/h7-11,16,22,25-26H,12-15,17-20H2,1-6H3. The Kier molecular flexibility index (Phi) is 9.34. The molecule has 0 saturated heterocycles. The zero-order valence-corrected chi connectivity index (χ0v) is 24.2. The molecule has 0 spiro atoms. The van der Waals surface area contributed by atoms with Gasteiger partial charge >= 0.3 is 0 Å². The fourth-order valence-corrected chi connectivity index (χ4v) is 5.95. The molecule has 0 aromatic heterocycles. The number of carbonyl (C=O) groups excluding carboxylic acids is 2. The number of amides is 1. The number of methoxy groups -OCH3 is 3. The molecular formula is C32H43NO6. The number of hydrogen-bond acceptors (Lipinski definition) is 6. The molecule has 4 rings (SSSR count). The topological polar surface area (TPSA) is 74.3 Å². The lowest BCUT2D eigenvalue weighted by Crippen LogP contribution is -2.50. The first-order valence-corrected chi connectivity index (χ1v) is 13.9. The van der Waals surface area contributed by atoms with E-state index in [0.717, 1.165) is 46.6 Å². The highest BCUT2D eigenvalue weighted by atomic mass is 16.5. The Morgan fingerprint density at radius 3 is 2.33 bits per heavy atom. The second kappa shape index (κ2) is 12.5. The van der Waals surface area contributed by atoms with Crippen molar-refractivity contribution < 1.29 is 28.5 Å².